The number of carbonyl (C=O) groups excluding carboxylic acids is 1. The number of ether oxygens (including phenoxy) is 3. The molecule has 0 aliphatic heterocycles. The fourth-order valence-corrected chi connectivity index (χ4v) is 1.28. The summed E-state index contributed by atoms with van der Waals surface area (Å²) >= 11 is 0. The summed E-state index contributed by atoms with van der Waals surface area (Å²) < 4.78 is 15.4. The average molecular weight is 188 g/mol. The molecule has 4 nitrogen and oxygen atoms in total. The highest BCUT2D eigenvalue weighted by Gasteiger charge is 2.41. The van der Waals surface area contributed by atoms with Gasteiger partial charge in [-0.05, 0) is 6.92 Å². The maximum absolute atomic E-state index is 11.0. The van der Waals surface area contributed by atoms with Crippen LogP contribution >= 0.6 is 0 Å². The first kappa shape index (κ1) is 10.6. The maximum Gasteiger partial charge on any atom is 0.166 e. The van der Waals surface area contributed by atoms with E-state index in [4.69, 9.17) is 14.2 Å². The number of ketones is 1. The minimum atomic E-state index is -0.332. The summed E-state index contributed by atoms with van der Waals surface area (Å²) in [5, 5.41) is 0. The molecule has 1 saturated carbocycles. The fraction of sp³-hybridized carbons (Fsp3) is 0.889. The lowest BCUT2D eigenvalue weighted by Crippen LogP contribution is -2.50. The van der Waals surface area contributed by atoms with Crippen LogP contribution in [0.25, 0.3) is 0 Å². The molecule has 0 heterocycles. The van der Waals surface area contributed by atoms with E-state index in [1.165, 1.54) is 0 Å². The Balaban J connectivity index is 2.16. The molecule has 2 unspecified atom stereocenters. The van der Waals surface area contributed by atoms with Crippen molar-refractivity contribution < 1.29 is 19.0 Å². The molecule has 0 aromatic carbocycles. The Hall–Kier alpha value is -0.450. The molecule has 0 spiro atoms. The molecule has 4 heteroatoms. The van der Waals surface area contributed by atoms with E-state index in [0.717, 1.165) is 0 Å². The van der Waals surface area contributed by atoms with Gasteiger partial charge in [-0.1, -0.05) is 0 Å². The van der Waals surface area contributed by atoms with Crippen LogP contribution < -0.4 is 0 Å². The van der Waals surface area contributed by atoms with Crippen LogP contribution in [-0.2, 0) is 19.0 Å². The highest BCUT2D eigenvalue weighted by Crippen LogP contribution is 2.22. The van der Waals surface area contributed by atoms with Gasteiger partial charge in [0.05, 0.1) is 19.3 Å². The summed E-state index contributed by atoms with van der Waals surface area (Å²) in [5.41, 5.74) is 0. The molecule has 0 bridgehead atoms. The lowest BCUT2D eigenvalue weighted by Gasteiger charge is -2.34. The van der Waals surface area contributed by atoms with Gasteiger partial charge in [0.1, 0.15) is 6.10 Å². The zero-order chi connectivity index (χ0) is 9.68. The molecule has 1 fully saturated rings. The summed E-state index contributed by atoms with van der Waals surface area (Å²) in [6, 6.07) is 0. The van der Waals surface area contributed by atoms with E-state index >= 15 is 0 Å². The van der Waals surface area contributed by atoms with Crippen LogP contribution in [0.1, 0.15) is 13.3 Å². The van der Waals surface area contributed by atoms with Crippen LogP contribution in [0.5, 0.6) is 0 Å². The Bertz CT molecular complexity index is 169. The summed E-state index contributed by atoms with van der Waals surface area (Å²) in [4.78, 5) is 11.0. The second kappa shape index (κ2) is 5.32. The van der Waals surface area contributed by atoms with E-state index < -0.39 is 0 Å². The molecule has 0 N–H and O–H groups in total. The van der Waals surface area contributed by atoms with Crippen LogP contribution in [0, 0.1) is 0 Å². The molecular weight excluding hydrogens is 172 g/mol. The number of Topliss-reactive ketones (excluding diaryl/α,β-unsaturated/α-hetero) is 1. The number of carbonyl (C=O) groups is 1. The summed E-state index contributed by atoms with van der Waals surface area (Å²) in [6.07, 6.45) is 0.0958. The molecule has 0 radical (unpaired) electrons. The quantitative estimate of drug-likeness (QED) is 0.566. The third-order valence-corrected chi connectivity index (χ3v) is 2.02. The van der Waals surface area contributed by atoms with Crippen molar-refractivity contribution in [3.63, 3.8) is 0 Å². The van der Waals surface area contributed by atoms with Crippen LogP contribution in [-0.4, -0.2) is 44.9 Å². The van der Waals surface area contributed by atoms with Crippen molar-refractivity contribution in [3.8, 4) is 0 Å². The Kier molecular flexibility index (Phi) is 4.35. The first-order valence-corrected chi connectivity index (χ1v) is 4.54. The molecule has 1 aliphatic carbocycles. The molecule has 1 aliphatic rings. The van der Waals surface area contributed by atoms with Gasteiger partial charge in [0.15, 0.2) is 5.78 Å². The highest BCUT2D eigenvalue weighted by molar-refractivity contribution is 5.90. The van der Waals surface area contributed by atoms with Gasteiger partial charge in [-0.3, -0.25) is 4.79 Å². The zero-order valence-electron chi connectivity index (χ0n) is 8.12. The molecule has 0 aromatic heterocycles. The third-order valence-electron chi connectivity index (χ3n) is 2.02. The molecular formula is C9H16O4. The van der Waals surface area contributed by atoms with Gasteiger partial charge in [-0.15, -0.1) is 0 Å². The molecule has 2 atom stereocenters. The second-order valence-corrected chi connectivity index (χ2v) is 2.95. The minimum absolute atomic E-state index is 0.0531. The first-order valence-electron chi connectivity index (χ1n) is 4.54. The largest absolute Gasteiger partial charge is 0.382 e. The normalized spacial score (nSPS) is 27.4. The number of hydrogen-bond acceptors (Lipinski definition) is 4. The zero-order valence-corrected chi connectivity index (χ0v) is 8.12. The number of rotatable bonds is 6. The van der Waals surface area contributed by atoms with Crippen molar-refractivity contribution in [2.45, 2.75) is 25.6 Å². The fourth-order valence-electron chi connectivity index (χ4n) is 1.28. The number of hydrogen-bond donors (Lipinski definition) is 0. The standard InChI is InChI=1S/C9H16O4/c1-3-12-9-7(10)6-8(9)13-5-4-11-2/h8-9H,3-6H2,1-2H3. The SMILES string of the molecule is CCOC1C(=O)CC1OCCOC. The van der Waals surface area contributed by atoms with Crippen LogP contribution in [0.4, 0.5) is 0 Å². The van der Waals surface area contributed by atoms with Gasteiger partial charge >= 0.3 is 0 Å². The van der Waals surface area contributed by atoms with E-state index in [1.54, 1.807) is 7.11 Å². The van der Waals surface area contributed by atoms with Crippen molar-refractivity contribution in [2.24, 2.45) is 0 Å². The third kappa shape index (κ3) is 2.76. The molecule has 1 rings (SSSR count). The van der Waals surface area contributed by atoms with Gasteiger partial charge < -0.3 is 14.2 Å². The van der Waals surface area contributed by atoms with Gasteiger partial charge in [-0.25, -0.2) is 0 Å². The van der Waals surface area contributed by atoms with Crippen molar-refractivity contribution in [3.05, 3.63) is 0 Å². The van der Waals surface area contributed by atoms with Gasteiger partial charge in [0, 0.05) is 20.1 Å². The van der Waals surface area contributed by atoms with Crippen molar-refractivity contribution >= 4 is 5.78 Å². The molecule has 0 amide bonds. The lowest BCUT2D eigenvalue weighted by molar-refractivity contribution is -0.166. The van der Waals surface area contributed by atoms with Crippen molar-refractivity contribution in [1.29, 1.82) is 0 Å². The number of methoxy groups -OCH3 is 1. The highest BCUT2D eigenvalue weighted by atomic mass is 16.6. The molecule has 0 aromatic rings. The first-order chi connectivity index (χ1) is 6.29. The van der Waals surface area contributed by atoms with Gasteiger partial charge in [0.2, 0.25) is 0 Å². The monoisotopic (exact) mass is 188 g/mol. The Labute approximate surface area is 78.2 Å². The Morgan fingerprint density at radius 1 is 1.38 bits per heavy atom. The van der Waals surface area contributed by atoms with Crippen LogP contribution in [0.2, 0.25) is 0 Å². The van der Waals surface area contributed by atoms with Crippen LogP contribution in [0.3, 0.4) is 0 Å². The van der Waals surface area contributed by atoms with Gasteiger partial charge in [0.25, 0.3) is 0 Å². The van der Waals surface area contributed by atoms with E-state index in [2.05, 4.69) is 0 Å². The second-order valence-electron chi connectivity index (χ2n) is 2.95. The Morgan fingerprint density at radius 3 is 2.69 bits per heavy atom. The molecule has 76 valence electrons. The lowest BCUT2D eigenvalue weighted by atomic mass is 9.90. The summed E-state index contributed by atoms with van der Waals surface area (Å²) in [6.45, 7) is 3.51. The predicted octanol–water partition coefficient (Wildman–Crippen LogP) is 0.396. The summed E-state index contributed by atoms with van der Waals surface area (Å²) in [7, 11) is 1.62. The van der Waals surface area contributed by atoms with E-state index in [1.807, 2.05) is 6.92 Å². The van der Waals surface area contributed by atoms with E-state index in [9.17, 15) is 4.79 Å². The predicted molar refractivity (Wildman–Crippen MR) is 46.7 cm³/mol. The Morgan fingerprint density at radius 2 is 2.15 bits per heavy atom. The van der Waals surface area contributed by atoms with E-state index in [-0.39, 0.29) is 18.0 Å². The molecule has 0 saturated heterocycles. The van der Waals surface area contributed by atoms with Gasteiger partial charge in [-0.2, -0.15) is 0 Å². The summed E-state index contributed by atoms with van der Waals surface area (Å²) in [5.74, 6) is 0.143. The van der Waals surface area contributed by atoms with E-state index in [0.29, 0.717) is 26.2 Å². The topological polar surface area (TPSA) is 44.8 Å². The maximum atomic E-state index is 11.0. The smallest absolute Gasteiger partial charge is 0.166 e. The molecule has 13 heavy (non-hydrogen) atoms. The average Bonchev–Trinajstić information content (AvgIpc) is 2.13. The van der Waals surface area contributed by atoms with Crippen LogP contribution in [0.15, 0.2) is 0 Å². The van der Waals surface area contributed by atoms with Crippen molar-refractivity contribution in [2.75, 3.05) is 26.9 Å². The minimum Gasteiger partial charge on any atom is -0.382 e. The van der Waals surface area contributed by atoms with Crippen molar-refractivity contribution in [1.82, 2.24) is 0 Å².